The number of nitrogens with zero attached hydrogens (tertiary/aromatic N) is 2. The highest BCUT2D eigenvalue weighted by Gasteiger charge is 2.20. The first-order valence-electron chi connectivity index (χ1n) is 5.82. The summed E-state index contributed by atoms with van der Waals surface area (Å²) in [6.07, 6.45) is 0.280. The van der Waals surface area contributed by atoms with Crippen LogP contribution in [0.15, 0.2) is 28.6 Å². The lowest BCUT2D eigenvalue weighted by Crippen LogP contribution is -2.12. The number of halogens is 1. The standard InChI is InChI=1S/C11H11IN4O3S2/c1-2-9(17)13-10-14-15-11(20-10)21(18,19)16-8-5-3-7(12)4-6-8/h3-6,16H,2H2,1H3,(H,13,14,17). The summed E-state index contributed by atoms with van der Waals surface area (Å²) in [5, 5.41) is 9.86. The van der Waals surface area contributed by atoms with E-state index in [1.807, 2.05) is 0 Å². The summed E-state index contributed by atoms with van der Waals surface area (Å²) < 4.78 is 27.5. The maximum absolute atomic E-state index is 12.1. The zero-order chi connectivity index (χ0) is 15.5. The van der Waals surface area contributed by atoms with E-state index in [2.05, 4.69) is 42.8 Å². The number of rotatable bonds is 5. The van der Waals surface area contributed by atoms with Crippen molar-refractivity contribution in [1.82, 2.24) is 10.2 Å². The Hall–Kier alpha value is -1.27. The Kier molecular flexibility index (Phi) is 5.11. The smallest absolute Gasteiger partial charge is 0.291 e. The highest BCUT2D eigenvalue weighted by Crippen LogP contribution is 2.23. The van der Waals surface area contributed by atoms with Gasteiger partial charge in [0.05, 0.1) is 0 Å². The molecule has 2 rings (SSSR count). The molecule has 2 aromatic rings. The van der Waals surface area contributed by atoms with Gasteiger partial charge >= 0.3 is 0 Å². The van der Waals surface area contributed by atoms with Gasteiger partial charge in [-0.15, -0.1) is 10.2 Å². The van der Waals surface area contributed by atoms with Crippen LogP contribution < -0.4 is 10.0 Å². The average molecular weight is 438 g/mol. The Morgan fingerprint density at radius 1 is 1.29 bits per heavy atom. The molecule has 1 aromatic heterocycles. The van der Waals surface area contributed by atoms with Crippen LogP contribution in [0.5, 0.6) is 0 Å². The third-order valence-electron chi connectivity index (χ3n) is 2.30. The third-order valence-corrected chi connectivity index (χ3v) is 5.61. The van der Waals surface area contributed by atoms with Crippen LogP contribution in [-0.4, -0.2) is 24.5 Å². The number of amides is 1. The van der Waals surface area contributed by atoms with Crippen molar-refractivity contribution in [2.75, 3.05) is 10.0 Å². The SMILES string of the molecule is CCC(=O)Nc1nnc(S(=O)(=O)Nc2ccc(I)cc2)s1. The van der Waals surface area contributed by atoms with Crippen LogP contribution in [0.25, 0.3) is 0 Å². The summed E-state index contributed by atoms with van der Waals surface area (Å²) in [5.74, 6) is -0.249. The fourth-order valence-electron chi connectivity index (χ4n) is 1.29. The molecule has 0 spiro atoms. The largest absolute Gasteiger partial charge is 0.301 e. The van der Waals surface area contributed by atoms with Crippen molar-refractivity contribution in [3.63, 3.8) is 0 Å². The van der Waals surface area contributed by atoms with E-state index in [4.69, 9.17) is 0 Å². The molecule has 0 atom stereocenters. The van der Waals surface area contributed by atoms with Crippen LogP contribution in [-0.2, 0) is 14.8 Å². The summed E-state index contributed by atoms with van der Waals surface area (Å²) in [4.78, 5) is 11.2. The van der Waals surface area contributed by atoms with Gasteiger partial charge in [-0.25, -0.2) is 0 Å². The minimum Gasteiger partial charge on any atom is -0.301 e. The quantitative estimate of drug-likeness (QED) is 0.551. The summed E-state index contributed by atoms with van der Waals surface area (Å²) in [7, 11) is -3.81. The van der Waals surface area contributed by atoms with Crippen molar-refractivity contribution >= 4 is 60.7 Å². The molecule has 1 aromatic carbocycles. The number of carbonyl (C=O) groups is 1. The van der Waals surface area contributed by atoms with Gasteiger partial charge in [0.15, 0.2) is 0 Å². The topological polar surface area (TPSA) is 101 Å². The zero-order valence-corrected chi connectivity index (χ0v) is 14.6. The Balaban J connectivity index is 2.16. The van der Waals surface area contributed by atoms with E-state index < -0.39 is 10.0 Å². The summed E-state index contributed by atoms with van der Waals surface area (Å²) >= 11 is 2.93. The lowest BCUT2D eigenvalue weighted by Gasteiger charge is -2.04. The zero-order valence-electron chi connectivity index (χ0n) is 10.8. The molecule has 0 aliphatic rings. The second kappa shape index (κ2) is 6.66. The molecular formula is C11H11IN4O3S2. The Labute approximate surface area is 139 Å². The summed E-state index contributed by atoms with van der Waals surface area (Å²) in [6.45, 7) is 1.69. The molecule has 0 radical (unpaired) electrons. The monoisotopic (exact) mass is 438 g/mol. The van der Waals surface area contributed by atoms with Gasteiger partial charge in [0, 0.05) is 15.7 Å². The Bertz CT molecular complexity index is 743. The lowest BCUT2D eigenvalue weighted by atomic mass is 10.3. The van der Waals surface area contributed by atoms with E-state index in [-0.39, 0.29) is 21.8 Å². The third kappa shape index (κ3) is 4.35. The van der Waals surface area contributed by atoms with Gasteiger partial charge in [0.25, 0.3) is 14.4 Å². The van der Waals surface area contributed by atoms with E-state index in [1.54, 1.807) is 31.2 Å². The Morgan fingerprint density at radius 3 is 2.57 bits per heavy atom. The molecule has 2 N–H and O–H groups in total. The van der Waals surface area contributed by atoms with Crippen molar-refractivity contribution in [3.05, 3.63) is 27.8 Å². The fourth-order valence-corrected chi connectivity index (χ4v) is 3.63. The average Bonchev–Trinajstić information content (AvgIpc) is 2.90. The van der Waals surface area contributed by atoms with E-state index in [0.717, 1.165) is 14.9 Å². The van der Waals surface area contributed by atoms with Crippen molar-refractivity contribution in [2.24, 2.45) is 0 Å². The van der Waals surface area contributed by atoms with Gasteiger partial charge in [-0.2, -0.15) is 8.42 Å². The second-order valence-corrected chi connectivity index (χ2v) is 7.97. The van der Waals surface area contributed by atoms with Crippen molar-refractivity contribution < 1.29 is 13.2 Å². The first-order chi connectivity index (χ1) is 9.90. The van der Waals surface area contributed by atoms with Gasteiger partial charge in [-0.3, -0.25) is 9.52 Å². The molecule has 0 aliphatic heterocycles. The van der Waals surface area contributed by atoms with Crippen molar-refractivity contribution in [1.29, 1.82) is 0 Å². The van der Waals surface area contributed by atoms with Crippen molar-refractivity contribution in [2.45, 2.75) is 17.7 Å². The maximum atomic E-state index is 12.1. The molecule has 112 valence electrons. The van der Waals surface area contributed by atoms with Gasteiger partial charge in [-0.1, -0.05) is 18.3 Å². The first-order valence-corrected chi connectivity index (χ1v) is 9.20. The molecule has 21 heavy (non-hydrogen) atoms. The highest BCUT2D eigenvalue weighted by atomic mass is 127. The van der Waals surface area contributed by atoms with Crippen LogP contribution in [0.2, 0.25) is 0 Å². The summed E-state index contributed by atoms with van der Waals surface area (Å²) in [6, 6.07) is 6.87. The van der Waals surface area contributed by atoms with Crippen LogP contribution in [0.4, 0.5) is 10.8 Å². The van der Waals surface area contributed by atoms with Gasteiger partial charge < -0.3 is 5.32 Å². The molecule has 10 heteroatoms. The fraction of sp³-hybridized carbons (Fsp3) is 0.182. The molecule has 0 fully saturated rings. The van der Waals surface area contributed by atoms with E-state index in [0.29, 0.717) is 5.69 Å². The van der Waals surface area contributed by atoms with Crippen LogP contribution in [0, 0.1) is 3.57 Å². The molecule has 7 nitrogen and oxygen atoms in total. The molecule has 0 unspecified atom stereocenters. The molecule has 1 heterocycles. The lowest BCUT2D eigenvalue weighted by molar-refractivity contribution is -0.115. The van der Waals surface area contributed by atoms with Gasteiger partial charge in [-0.05, 0) is 46.9 Å². The van der Waals surface area contributed by atoms with Crippen LogP contribution in [0.3, 0.4) is 0 Å². The number of carbonyl (C=O) groups excluding carboxylic acids is 1. The molecule has 1 amide bonds. The number of nitrogens with one attached hydrogen (secondary N) is 2. The minimum absolute atomic E-state index is 0.157. The van der Waals surface area contributed by atoms with Crippen molar-refractivity contribution in [3.8, 4) is 0 Å². The first kappa shape index (κ1) is 16.1. The highest BCUT2D eigenvalue weighted by molar-refractivity contribution is 14.1. The molecule has 0 bridgehead atoms. The normalized spacial score (nSPS) is 11.1. The number of sulfonamides is 1. The van der Waals surface area contributed by atoms with Crippen LogP contribution in [0.1, 0.15) is 13.3 Å². The van der Waals surface area contributed by atoms with E-state index >= 15 is 0 Å². The molecule has 0 saturated heterocycles. The number of hydrogen-bond acceptors (Lipinski definition) is 6. The second-order valence-electron chi connectivity index (χ2n) is 3.89. The van der Waals surface area contributed by atoms with E-state index in [9.17, 15) is 13.2 Å². The molecule has 0 aliphatic carbocycles. The predicted molar refractivity (Wildman–Crippen MR) is 88.8 cm³/mol. The van der Waals surface area contributed by atoms with Gasteiger partial charge in [0.1, 0.15) is 0 Å². The number of benzene rings is 1. The summed E-state index contributed by atoms with van der Waals surface area (Å²) in [5.41, 5.74) is 0.435. The Morgan fingerprint density at radius 2 is 1.95 bits per heavy atom. The molecule has 0 saturated carbocycles. The van der Waals surface area contributed by atoms with Gasteiger partial charge in [0.2, 0.25) is 11.0 Å². The van der Waals surface area contributed by atoms with Crippen LogP contribution >= 0.6 is 33.9 Å². The minimum atomic E-state index is -3.81. The number of anilines is 2. The molecular weight excluding hydrogens is 427 g/mol. The van der Waals surface area contributed by atoms with E-state index in [1.165, 1.54) is 0 Å². The number of hydrogen-bond donors (Lipinski definition) is 2. The maximum Gasteiger partial charge on any atom is 0.291 e. The predicted octanol–water partition coefficient (Wildman–Crippen LogP) is 2.29. The number of aromatic nitrogens is 2.